The summed E-state index contributed by atoms with van der Waals surface area (Å²) in [5, 5.41) is 1.21. The van der Waals surface area contributed by atoms with Crippen molar-refractivity contribution in [3.63, 3.8) is 0 Å². The second-order valence-electron chi connectivity index (χ2n) is 7.76. The van der Waals surface area contributed by atoms with Crippen molar-refractivity contribution in [3.8, 4) is 0 Å². The summed E-state index contributed by atoms with van der Waals surface area (Å²) in [7, 11) is -3.95. The molecule has 0 unspecified atom stereocenters. The van der Waals surface area contributed by atoms with Crippen molar-refractivity contribution in [2.24, 2.45) is 0 Å². The number of sulfonamides is 1. The van der Waals surface area contributed by atoms with Crippen LogP contribution >= 0.6 is 11.6 Å². The van der Waals surface area contributed by atoms with Crippen molar-refractivity contribution in [1.29, 1.82) is 0 Å². The molecule has 4 rings (SSSR count). The van der Waals surface area contributed by atoms with E-state index in [-0.39, 0.29) is 23.5 Å². The number of aromatic amines is 1. The standard InChI is InChI=1S/C24H22ClN3O3S/c1-16-5-8-23-19(10-16)11-20(24(29)27-23)15-28(14-18-4-3-9-26-13-18)32(30,31)21-7-6-17(2)22(25)12-21/h3-13H,14-15H2,1-2H3,(H,27,29). The molecule has 0 aliphatic carbocycles. The summed E-state index contributed by atoms with van der Waals surface area (Å²) < 4.78 is 28.4. The van der Waals surface area contributed by atoms with Gasteiger partial charge in [0.05, 0.1) is 4.90 Å². The maximum Gasteiger partial charge on any atom is 0.252 e. The van der Waals surface area contributed by atoms with Gasteiger partial charge in [0.1, 0.15) is 0 Å². The van der Waals surface area contributed by atoms with E-state index in [1.165, 1.54) is 16.4 Å². The van der Waals surface area contributed by atoms with Crippen LogP contribution in [0, 0.1) is 13.8 Å². The zero-order valence-electron chi connectivity index (χ0n) is 17.7. The molecule has 0 aliphatic rings. The van der Waals surface area contributed by atoms with Crippen molar-refractivity contribution in [2.45, 2.75) is 31.8 Å². The summed E-state index contributed by atoms with van der Waals surface area (Å²) in [6.45, 7) is 3.74. The van der Waals surface area contributed by atoms with Crippen LogP contribution in [0.25, 0.3) is 10.9 Å². The molecular formula is C24H22ClN3O3S. The first-order valence-electron chi connectivity index (χ1n) is 10.0. The Bertz CT molecular complexity index is 1450. The smallest absolute Gasteiger partial charge is 0.252 e. The molecule has 1 N–H and O–H groups in total. The Hall–Kier alpha value is -3.00. The number of H-pyrrole nitrogens is 1. The number of fused-ring (bicyclic) bond motifs is 1. The quantitative estimate of drug-likeness (QED) is 0.449. The number of benzene rings is 2. The monoisotopic (exact) mass is 467 g/mol. The molecule has 2 heterocycles. The lowest BCUT2D eigenvalue weighted by Crippen LogP contribution is -2.32. The summed E-state index contributed by atoms with van der Waals surface area (Å²) in [4.78, 5) is 19.8. The third-order valence-electron chi connectivity index (χ3n) is 5.29. The number of halogens is 1. The van der Waals surface area contributed by atoms with E-state index in [1.807, 2.05) is 32.0 Å². The van der Waals surface area contributed by atoms with Crippen molar-refractivity contribution in [3.05, 3.63) is 105 Å². The van der Waals surface area contributed by atoms with E-state index in [9.17, 15) is 13.2 Å². The van der Waals surface area contributed by atoms with Crippen molar-refractivity contribution in [1.82, 2.24) is 14.3 Å². The molecule has 164 valence electrons. The molecule has 2 aromatic heterocycles. The number of aromatic nitrogens is 2. The van der Waals surface area contributed by atoms with E-state index in [0.29, 0.717) is 21.7 Å². The first kappa shape index (κ1) is 22.2. The highest BCUT2D eigenvalue weighted by Crippen LogP contribution is 2.25. The molecular weight excluding hydrogens is 446 g/mol. The average Bonchev–Trinajstić information content (AvgIpc) is 2.76. The van der Waals surface area contributed by atoms with E-state index in [4.69, 9.17) is 11.6 Å². The van der Waals surface area contributed by atoms with Crippen LogP contribution in [0.2, 0.25) is 5.02 Å². The highest BCUT2D eigenvalue weighted by Gasteiger charge is 2.26. The molecule has 0 aliphatic heterocycles. The molecule has 0 saturated heterocycles. The molecule has 0 bridgehead atoms. The summed E-state index contributed by atoms with van der Waals surface area (Å²) in [6, 6.07) is 15.6. The van der Waals surface area contributed by atoms with Crippen LogP contribution in [0.15, 0.2) is 76.7 Å². The SMILES string of the molecule is Cc1ccc2[nH]c(=O)c(CN(Cc3cccnc3)S(=O)(=O)c3ccc(C)c(Cl)c3)cc2c1. The molecule has 0 amide bonds. The summed E-state index contributed by atoms with van der Waals surface area (Å²) in [5.74, 6) is 0. The third kappa shape index (κ3) is 4.60. The van der Waals surface area contributed by atoms with E-state index in [0.717, 1.165) is 16.5 Å². The lowest BCUT2D eigenvalue weighted by Gasteiger charge is -2.22. The fourth-order valence-corrected chi connectivity index (χ4v) is 5.16. The number of nitrogens with one attached hydrogen (secondary N) is 1. The molecule has 0 saturated carbocycles. The van der Waals surface area contributed by atoms with E-state index < -0.39 is 10.0 Å². The van der Waals surface area contributed by atoms with Crippen LogP contribution in [0.5, 0.6) is 0 Å². The van der Waals surface area contributed by atoms with Gasteiger partial charge in [-0.2, -0.15) is 4.31 Å². The highest BCUT2D eigenvalue weighted by atomic mass is 35.5. The van der Waals surface area contributed by atoms with Gasteiger partial charge in [0.25, 0.3) is 5.56 Å². The number of pyridine rings is 2. The van der Waals surface area contributed by atoms with Gasteiger partial charge in [-0.1, -0.05) is 35.4 Å². The van der Waals surface area contributed by atoms with Crippen LogP contribution in [0.4, 0.5) is 0 Å². The van der Waals surface area contributed by atoms with Crippen LogP contribution in [0.3, 0.4) is 0 Å². The lowest BCUT2D eigenvalue weighted by atomic mass is 10.1. The van der Waals surface area contributed by atoms with Gasteiger partial charge in [0, 0.05) is 41.6 Å². The van der Waals surface area contributed by atoms with Crippen LogP contribution in [-0.4, -0.2) is 22.7 Å². The van der Waals surface area contributed by atoms with Crippen LogP contribution in [-0.2, 0) is 23.1 Å². The molecule has 32 heavy (non-hydrogen) atoms. The Balaban J connectivity index is 1.79. The zero-order valence-corrected chi connectivity index (χ0v) is 19.2. The Kier molecular flexibility index (Phi) is 6.15. The lowest BCUT2D eigenvalue weighted by molar-refractivity contribution is 0.399. The Morgan fingerprint density at radius 1 is 1.03 bits per heavy atom. The second kappa shape index (κ2) is 8.86. The second-order valence-corrected chi connectivity index (χ2v) is 10.1. The number of nitrogens with zero attached hydrogens (tertiary/aromatic N) is 2. The van der Waals surface area contributed by atoms with Gasteiger partial charge in [-0.3, -0.25) is 9.78 Å². The molecule has 0 fully saturated rings. The Morgan fingerprint density at radius 2 is 1.84 bits per heavy atom. The van der Waals surface area contributed by atoms with Gasteiger partial charge in [-0.15, -0.1) is 0 Å². The van der Waals surface area contributed by atoms with Crippen molar-refractivity contribution in [2.75, 3.05) is 0 Å². The van der Waals surface area contributed by atoms with E-state index in [1.54, 1.807) is 36.7 Å². The molecule has 2 aromatic carbocycles. The highest BCUT2D eigenvalue weighted by molar-refractivity contribution is 7.89. The fraction of sp³-hybridized carbons (Fsp3) is 0.167. The minimum atomic E-state index is -3.95. The van der Waals surface area contributed by atoms with E-state index >= 15 is 0 Å². The number of hydrogen-bond donors (Lipinski definition) is 1. The van der Waals surface area contributed by atoms with Crippen molar-refractivity contribution < 1.29 is 8.42 Å². The average molecular weight is 468 g/mol. The number of rotatable bonds is 6. The molecule has 0 atom stereocenters. The van der Waals surface area contributed by atoms with Gasteiger partial charge >= 0.3 is 0 Å². The molecule has 4 aromatic rings. The first-order chi connectivity index (χ1) is 15.2. The molecule has 6 nitrogen and oxygen atoms in total. The van der Waals surface area contributed by atoms with Gasteiger partial charge in [-0.05, 0) is 66.8 Å². The van der Waals surface area contributed by atoms with Crippen LogP contribution in [0.1, 0.15) is 22.3 Å². The first-order valence-corrected chi connectivity index (χ1v) is 11.8. The molecule has 0 spiro atoms. The van der Waals surface area contributed by atoms with Crippen LogP contribution < -0.4 is 5.56 Å². The normalized spacial score (nSPS) is 11.9. The molecule has 8 heteroatoms. The fourth-order valence-electron chi connectivity index (χ4n) is 3.48. The zero-order chi connectivity index (χ0) is 22.9. The minimum absolute atomic E-state index is 0.0625. The largest absolute Gasteiger partial charge is 0.322 e. The predicted octanol–water partition coefficient (Wildman–Crippen LogP) is 4.58. The third-order valence-corrected chi connectivity index (χ3v) is 7.48. The Labute approximate surface area is 191 Å². The summed E-state index contributed by atoms with van der Waals surface area (Å²) in [6.07, 6.45) is 3.23. The minimum Gasteiger partial charge on any atom is -0.322 e. The number of hydrogen-bond acceptors (Lipinski definition) is 4. The van der Waals surface area contributed by atoms with Gasteiger partial charge in [-0.25, -0.2) is 8.42 Å². The van der Waals surface area contributed by atoms with Gasteiger partial charge < -0.3 is 4.98 Å². The van der Waals surface area contributed by atoms with Gasteiger partial charge in [0.15, 0.2) is 0 Å². The predicted molar refractivity (Wildman–Crippen MR) is 126 cm³/mol. The Morgan fingerprint density at radius 3 is 2.56 bits per heavy atom. The topological polar surface area (TPSA) is 83.1 Å². The summed E-state index contributed by atoms with van der Waals surface area (Å²) >= 11 is 6.20. The number of aryl methyl sites for hydroxylation is 2. The van der Waals surface area contributed by atoms with Gasteiger partial charge in [0.2, 0.25) is 10.0 Å². The molecule has 0 radical (unpaired) electrons. The van der Waals surface area contributed by atoms with E-state index in [2.05, 4.69) is 9.97 Å². The maximum absolute atomic E-state index is 13.6. The summed E-state index contributed by atoms with van der Waals surface area (Å²) in [5.41, 5.74) is 3.28. The van der Waals surface area contributed by atoms with Crippen molar-refractivity contribution >= 4 is 32.5 Å². The maximum atomic E-state index is 13.6.